The Bertz CT molecular complexity index is 1090. The summed E-state index contributed by atoms with van der Waals surface area (Å²) in [4.78, 5) is 19.8. The first-order chi connectivity index (χ1) is 13.2. The Kier molecular flexibility index (Phi) is 4.98. The van der Waals surface area contributed by atoms with E-state index in [0.717, 1.165) is 11.9 Å². The van der Waals surface area contributed by atoms with Crippen molar-refractivity contribution in [2.75, 3.05) is 6.54 Å². The van der Waals surface area contributed by atoms with Crippen molar-refractivity contribution in [3.05, 3.63) is 77.2 Å². The van der Waals surface area contributed by atoms with Crippen molar-refractivity contribution in [1.29, 1.82) is 0 Å². The second-order valence-corrected chi connectivity index (χ2v) is 7.12. The number of para-hydroxylation sites is 1. The quantitative estimate of drug-likeness (QED) is 0.524. The number of amides is 1. The molecule has 0 fully saturated rings. The van der Waals surface area contributed by atoms with E-state index < -0.39 is 0 Å². The molecule has 0 spiro atoms. The summed E-state index contributed by atoms with van der Waals surface area (Å²) in [5.41, 5.74) is 3.40. The van der Waals surface area contributed by atoms with Crippen LogP contribution in [0, 0.1) is 5.82 Å². The van der Waals surface area contributed by atoms with Gasteiger partial charge >= 0.3 is 0 Å². The summed E-state index contributed by atoms with van der Waals surface area (Å²) in [6.45, 7) is 0.561. The van der Waals surface area contributed by atoms with Crippen LogP contribution in [0.3, 0.4) is 0 Å². The lowest BCUT2D eigenvalue weighted by Gasteiger charge is -2.04. The molecule has 1 amide bonds. The first kappa shape index (κ1) is 17.4. The number of thiazole rings is 1. The topological polar surface area (TPSA) is 57.8 Å². The first-order valence-electron chi connectivity index (χ1n) is 8.72. The van der Waals surface area contributed by atoms with Gasteiger partial charge in [-0.05, 0) is 30.2 Å². The molecule has 2 aromatic heterocycles. The predicted octanol–water partition coefficient (Wildman–Crippen LogP) is 4.33. The van der Waals surface area contributed by atoms with Crippen molar-refractivity contribution in [2.24, 2.45) is 0 Å². The van der Waals surface area contributed by atoms with E-state index in [4.69, 9.17) is 0 Å². The average Bonchev–Trinajstić information content (AvgIpc) is 3.30. The fourth-order valence-electron chi connectivity index (χ4n) is 3.05. The molecule has 27 heavy (non-hydrogen) atoms. The highest BCUT2D eigenvalue weighted by atomic mass is 32.1. The van der Waals surface area contributed by atoms with Crippen molar-refractivity contribution >= 4 is 28.1 Å². The van der Waals surface area contributed by atoms with Gasteiger partial charge in [0.05, 0.1) is 12.1 Å². The van der Waals surface area contributed by atoms with Crippen molar-refractivity contribution in [2.45, 2.75) is 12.8 Å². The third-order valence-electron chi connectivity index (χ3n) is 4.39. The van der Waals surface area contributed by atoms with E-state index in [-0.39, 0.29) is 18.1 Å². The third-order valence-corrected chi connectivity index (χ3v) is 5.31. The van der Waals surface area contributed by atoms with Crippen LogP contribution < -0.4 is 5.32 Å². The van der Waals surface area contributed by atoms with Crippen LogP contribution in [0.4, 0.5) is 4.39 Å². The Morgan fingerprint density at radius 1 is 1.15 bits per heavy atom. The lowest BCUT2D eigenvalue weighted by molar-refractivity contribution is -0.120. The summed E-state index contributed by atoms with van der Waals surface area (Å²) in [5, 5.41) is 6.51. The molecule has 0 unspecified atom stereocenters. The van der Waals surface area contributed by atoms with E-state index in [1.54, 1.807) is 23.6 Å². The van der Waals surface area contributed by atoms with E-state index in [2.05, 4.69) is 21.4 Å². The Morgan fingerprint density at radius 2 is 1.96 bits per heavy atom. The maximum Gasteiger partial charge on any atom is 0.226 e. The van der Waals surface area contributed by atoms with Crippen LogP contribution in [0.1, 0.15) is 11.3 Å². The zero-order chi connectivity index (χ0) is 18.6. The molecular weight excluding hydrogens is 361 g/mol. The summed E-state index contributed by atoms with van der Waals surface area (Å²) in [6, 6.07) is 14.6. The highest BCUT2D eigenvalue weighted by molar-refractivity contribution is 7.13. The predicted molar refractivity (Wildman–Crippen MR) is 106 cm³/mol. The molecule has 2 heterocycles. The molecule has 0 aliphatic heterocycles. The fourth-order valence-corrected chi connectivity index (χ4v) is 3.89. The molecule has 136 valence electrons. The van der Waals surface area contributed by atoms with Crippen LogP contribution in [0.15, 0.2) is 60.1 Å². The number of nitrogens with zero attached hydrogens (tertiary/aromatic N) is 1. The number of aromatic amines is 1. The molecule has 0 saturated heterocycles. The highest BCUT2D eigenvalue weighted by Crippen LogP contribution is 2.26. The van der Waals surface area contributed by atoms with Gasteiger partial charge in [0.15, 0.2) is 0 Å². The van der Waals surface area contributed by atoms with Crippen LogP contribution in [0.2, 0.25) is 0 Å². The highest BCUT2D eigenvalue weighted by Gasteiger charge is 2.12. The number of nitrogens with one attached hydrogen (secondary N) is 2. The second kappa shape index (κ2) is 7.72. The summed E-state index contributed by atoms with van der Waals surface area (Å²) < 4.78 is 13.8. The van der Waals surface area contributed by atoms with E-state index in [1.165, 1.54) is 28.4 Å². The van der Waals surface area contributed by atoms with Crippen LogP contribution >= 0.6 is 11.3 Å². The lowest BCUT2D eigenvalue weighted by Crippen LogP contribution is -2.27. The Hall–Kier alpha value is -2.99. The fraction of sp³-hybridized carbons (Fsp3) is 0.143. The number of aromatic nitrogens is 2. The zero-order valence-electron chi connectivity index (χ0n) is 14.5. The molecule has 0 atom stereocenters. The smallest absolute Gasteiger partial charge is 0.226 e. The van der Waals surface area contributed by atoms with Gasteiger partial charge in [-0.1, -0.05) is 30.3 Å². The molecule has 0 aliphatic rings. The molecule has 0 bridgehead atoms. The van der Waals surface area contributed by atoms with Gasteiger partial charge in [-0.2, -0.15) is 0 Å². The minimum Gasteiger partial charge on any atom is -0.361 e. The standard InChI is InChI=1S/C21H18FN3OS/c22-18-7-3-1-6-17(18)21-25-15(13-27-21)11-20(26)23-10-9-14-12-24-19-8-4-2-5-16(14)19/h1-8,12-13,24H,9-11H2,(H,23,26). The molecule has 0 radical (unpaired) electrons. The van der Waals surface area contributed by atoms with E-state index in [0.29, 0.717) is 22.8 Å². The molecule has 2 aromatic carbocycles. The number of fused-ring (bicyclic) bond motifs is 1. The van der Waals surface area contributed by atoms with Gasteiger partial charge in [0.25, 0.3) is 0 Å². The Labute approximate surface area is 160 Å². The molecule has 4 rings (SSSR count). The van der Waals surface area contributed by atoms with Crippen LogP contribution in [-0.4, -0.2) is 22.4 Å². The number of carbonyl (C=O) groups is 1. The summed E-state index contributed by atoms with van der Waals surface area (Å²) >= 11 is 1.35. The average molecular weight is 379 g/mol. The van der Waals surface area contributed by atoms with Gasteiger partial charge in [-0.15, -0.1) is 11.3 Å². The number of rotatable bonds is 6. The number of carbonyl (C=O) groups excluding carboxylic acids is 1. The van der Waals surface area contributed by atoms with Crippen molar-refractivity contribution in [3.8, 4) is 10.6 Å². The number of hydrogen-bond acceptors (Lipinski definition) is 3. The van der Waals surface area contributed by atoms with E-state index >= 15 is 0 Å². The number of hydrogen-bond donors (Lipinski definition) is 2. The molecule has 2 N–H and O–H groups in total. The van der Waals surface area contributed by atoms with Gasteiger partial charge in [-0.25, -0.2) is 9.37 Å². The SMILES string of the molecule is O=C(Cc1csc(-c2ccccc2F)n1)NCCc1c[nH]c2ccccc12. The molecular formula is C21H18FN3OS. The van der Waals surface area contributed by atoms with Crippen molar-refractivity contribution in [3.63, 3.8) is 0 Å². The number of H-pyrrole nitrogens is 1. The van der Waals surface area contributed by atoms with E-state index in [1.807, 2.05) is 24.4 Å². The maximum atomic E-state index is 13.8. The molecule has 0 saturated carbocycles. The van der Waals surface area contributed by atoms with Crippen LogP contribution in [0.5, 0.6) is 0 Å². The van der Waals surface area contributed by atoms with E-state index in [9.17, 15) is 9.18 Å². The summed E-state index contributed by atoms with van der Waals surface area (Å²) in [7, 11) is 0. The molecule has 4 aromatic rings. The molecule has 4 nitrogen and oxygen atoms in total. The summed E-state index contributed by atoms with van der Waals surface area (Å²) in [5.74, 6) is -0.387. The minimum atomic E-state index is -0.304. The largest absolute Gasteiger partial charge is 0.361 e. The van der Waals surface area contributed by atoms with Gasteiger partial charge in [0, 0.05) is 34.6 Å². The Morgan fingerprint density at radius 3 is 2.85 bits per heavy atom. The maximum absolute atomic E-state index is 13.8. The van der Waals surface area contributed by atoms with Crippen LogP contribution in [0.25, 0.3) is 21.5 Å². The van der Waals surface area contributed by atoms with Gasteiger partial charge in [-0.3, -0.25) is 4.79 Å². The van der Waals surface area contributed by atoms with Gasteiger partial charge in [0.1, 0.15) is 10.8 Å². The van der Waals surface area contributed by atoms with Crippen molar-refractivity contribution < 1.29 is 9.18 Å². The Balaban J connectivity index is 1.33. The lowest BCUT2D eigenvalue weighted by atomic mass is 10.1. The minimum absolute atomic E-state index is 0.0831. The molecule has 6 heteroatoms. The zero-order valence-corrected chi connectivity index (χ0v) is 15.4. The third kappa shape index (κ3) is 3.90. The summed E-state index contributed by atoms with van der Waals surface area (Å²) in [6.07, 6.45) is 2.93. The normalized spacial score (nSPS) is 11.0. The first-order valence-corrected chi connectivity index (χ1v) is 9.59. The van der Waals surface area contributed by atoms with Crippen molar-refractivity contribution in [1.82, 2.24) is 15.3 Å². The second-order valence-electron chi connectivity index (χ2n) is 6.26. The number of halogens is 1. The van der Waals surface area contributed by atoms with Gasteiger partial charge < -0.3 is 10.3 Å². The number of benzene rings is 2. The van der Waals surface area contributed by atoms with Gasteiger partial charge in [0.2, 0.25) is 5.91 Å². The molecule has 0 aliphatic carbocycles. The monoisotopic (exact) mass is 379 g/mol. The van der Waals surface area contributed by atoms with Crippen LogP contribution in [-0.2, 0) is 17.6 Å².